The van der Waals surface area contributed by atoms with Gasteiger partial charge in [-0.3, -0.25) is 9.59 Å². The summed E-state index contributed by atoms with van der Waals surface area (Å²) in [6, 6.07) is 12.9. The van der Waals surface area contributed by atoms with Crippen LogP contribution in [0.2, 0.25) is 0 Å². The summed E-state index contributed by atoms with van der Waals surface area (Å²) in [5.41, 5.74) is 0.616. The highest BCUT2D eigenvalue weighted by atomic mass is 16.5. The van der Waals surface area contributed by atoms with Crippen LogP contribution in [-0.4, -0.2) is 49.6 Å². The van der Waals surface area contributed by atoms with E-state index in [-0.39, 0.29) is 24.3 Å². The van der Waals surface area contributed by atoms with E-state index in [4.69, 9.17) is 4.74 Å². The number of piperidine rings is 1. The monoisotopic (exact) mass is 406 g/mol. The number of benzene rings is 1. The van der Waals surface area contributed by atoms with Gasteiger partial charge in [0.1, 0.15) is 24.9 Å². The van der Waals surface area contributed by atoms with Crippen LogP contribution in [0.15, 0.2) is 61.3 Å². The van der Waals surface area contributed by atoms with Gasteiger partial charge >= 0.3 is 0 Å². The Kier molecular flexibility index (Phi) is 5.98. The third kappa shape index (κ3) is 4.99. The lowest BCUT2D eigenvalue weighted by molar-refractivity contribution is -0.135. The third-order valence-electron chi connectivity index (χ3n) is 4.95. The van der Waals surface area contributed by atoms with Gasteiger partial charge in [0, 0.05) is 25.1 Å². The van der Waals surface area contributed by atoms with Crippen molar-refractivity contribution in [1.29, 1.82) is 0 Å². The number of pyridine rings is 1. The Morgan fingerprint density at radius 1 is 1.10 bits per heavy atom. The SMILES string of the molecule is O=C(Nc1ccc(Oc2ccccc2)nc1)C1CCN(C(=O)Cn2cncn2)CC1. The van der Waals surface area contributed by atoms with E-state index in [1.807, 2.05) is 30.3 Å². The number of para-hydroxylation sites is 1. The van der Waals surface area contributed by atoms with Crippen LogP contribution in [0.1, 0.15) is 12.8 Å². The van der Waals surface area contributed by atoms with Crippen LogP contribution in [0.4, 0.5) is 5.69 Å². The van der Waals surface area contributed by atoms with E-state index in [2.05, 4.69) is 20.4 Å². The highest BCUT2D eigenvalue weighted by Crippen LogP contribution is 2.22. The molecular weight excluding hydrogens is 384 g/mol. The zero-order valence-corrected chi connectivity index (χ0v) is 16.3. The Morgan fingerprint density at radius 3 is 2.57 bits per heavy atom. The molecule has 0 saturated carbocycles. The molecule has 2 amide bonds. The third-order valence-corrected chi connectivity index (χ3v) is 4.95. The van der Waals surface area contributed by atoms with E-state index < -0.39 is 0 Å². The van der Waals surface area contributed by atoms with E-state index in [1.165, 1.54) is 17.3 Å². The number of nitrogens with one attached hydrogen (secondary N) is 1. The van der Waals surface area contributed by atoms with Gasteiger partial charge in [-0.25, -0.2) is 14.6 Å². The second-order valence-electron chi connectivity index (χ2n) is 7.04. The van der Waals surface area contributed by atoms with Crippen molar-refractivity contribution in [1.82, 2.24) is 24.6 Å². The van der Waals surface area contributed by atoms with Gasteiger partial charge in [-0.2, -0.15) is 5.10 Å². The molecule has 9 heteroatoms. The summed E-state index contributed by atoms with van der Waals surface area (Å²) >= 11 is 0. The van der Waals surface area contributed by atoms with Crippen LogP contribution >= 0.6 is 0 Å². The topological polar surface area (TPSA) is 102 Å². The van der Waals surface area contributed by atoms with Gasteiger partial charge in [0.05, 0.1) is 11.9 Å². The molecule has 0 bridgehead atoms. The Labute approximate surface area is 173 Å². The molecule has 3 aromatic rings. The number of carbonyl (C=O) groups excluding carboxylic acids is 2. The first kappa shape index (κ1) is 19.6. The maximum Gasteiger partial charge on any atom is 0.244 e. The summed E-state index contributed by atoms with van der Waals surface area (Å²) in [4.78, 5) is 34.7. The van der Waals surface area contributed by atoms with Crippen molar-refractivity contribution in [2.75, 3.05) is 18.4 Å². The molecule has 1 aromatic carbocycles. The molecule has 1 fully saturated rings. The molecule has 4 rings (SSSR count). The molecule has 9 nitrogen and oxygen atoms in total. The Bertz CT molecular complexity index is 968. The first-order valence-corrected chi connectivity index (χ1v) is 9.77. The molecule has 2 aromatic heterocycles. The highest BCUT2D eigenvalue weighted by Gasteiger charge is 2.27. The van der Waals surface area contributed by atoms with E-state index in [1.54, 1.807) is 23.2 Å². The van der Waals surface area contributed by atoms with Crippen molar-refractivity contribution < 1.29 is 14.3 Å². The molecular formula is C21H22N6O3. The summed E-state index contributed by atoms with van der Waals surface area (Å²) in [6.45, 7) is 1.27. The lowest BCUT2D eigenvalue weighted by Crippen LogP contribution is -2.42. The van der Waals surface area contributed by atoms with Gasteiger partial charge in [0.2, 0.25) is 17.7 Å². The van der Waals surface area contributed by atoms with Gasteiger partial charge < -0.3 is 15.0 Å². The van der Waals surface area contributed by atoms with E-state index in [0.717, 1.165) is 0 Å². The minimum Gasteiger partial charge on any atom is -0.439 e. The van der Waals surface area contributed by atoms with Crippen LogP contribution in [-0.2, 0) is 16.1 Å². The Morgan fingerprint density at radius 2 is 1.90 bits per heavy atom. The lowest BCUT2D eigenvalue weighted by Gasteiger charge is -2.31. The highest BCUT2D eigenvalue weighted by molar-refractivity contribution is 5.92. The van der Waals surface area contributed by atoms with Crippen molar-refractivity contribution in [2.24, 2.45) is 5.92 Å². The summed E-state index contributed by atoms with van der Waals surface area (Å²) < 4.78 is 7.15. The van der Waals surface area contributed by atoms with Gasteiger partial charge in [-0.05, 0) is 31.0 Å². The molecule has 1 aliphatic heterocycles. The number of aromatic nitrogens is 4. The standard InChI is InChI=1S/C21H22N6O3/c28-20(13-27-15-22-14-24-27)26-10-8-16(9-11-26)21(29)25-17-6-7-19(23-12-17)30-18-4-2-1-3-5-18/h1-7,12,14-16H,8-11,13H2,(H,25,29). The zero-order valence-electron chi connectivity index (χ0n) is 16.3. The quantitative estimate of drug-likeness (QED) is 0.674. The number of anilines is 1. The maximum atomic E-state index is 12.6. The molecule has 1 N–H and O–H groups in total. The minimum atomic E-state index is -0.138. The van der Waals surface area contributed by atoms with Gasteiger partial charge in [0.15, 0.2) is 0 Å². The molecule has 0 spiro atoms. The van der Waals surface area contributed by atoms with Crippen molar-refractivity contribution in [3.05, 3.63) is 61.3 Å². The summed E-state index contributed by atoms with van der Waals surface area (Å²) in [6.07, 6.45) is 5.74. The number of hydrogen-bond donors (Lipinski definition) is 1. The molecule has 1 saturated heterocycles. The first-order valence-electron chi connectivity index (χ1n) is 9.77. The molecule has 30 heavy (non-hydrogen) atoms. The number of nitrogens with zero attached hydrogens (tertiary/aromatic N) is 5. The smallest absolute Gasteiger partial charge is 0.244 e. The Balaban J connectivity index is 1.25. The normalized spacial score (nSPS) is 14.3. The molecule has 0 radical (unpaired) electrons. The van der Waals surface area contributed by atoms with Gasteiger partial charge in [-0.1, -0.05) is 18.2 Å². The molecule has 3 heterocycles. The van der Waals surface area contributed by atoms with Crippen LogP contribution in [0, 0.1) is 5.92 Å². The lowest BCUT2D eigenvalue weighted by atomic mass is 9.96. The zero-order chi connectivity index (χ0) is 20.8. The van der Waals surface area contributed by atoms with Gasteiger partial charge in [0.25, 0.3) is 0 Å². The van der Waals surface area contributed by atoms with Crippen LogP contribution < -0.4 is 10.1 Å². The molecule has 0 unspecified atom stereocenters. The molecule has 0 aliphatic carbocycles. The average Bonchev–Trinajstić information content (AvgIpc) is 3.29. The van der Waals surface area contributed by atoms with E-state index >= 15 is 0 Å². The van der Waals surface area contributed by atoms with E-state index in [9.17, 15) is 9.59 Å². The van der Waals surface area contributed by atoms with Gasteiger partial charge in [-0.15, -0.1) is 0 Å². The van der Waals surface area contributed by atoms with E-state index in [0.29, 0.717) is 43.2 Å². The summed E-state index contributed by atoms with van der Waals surface area (Å²) in [5.74, 6) is 0.945. The van der Waals surface area contributed by atoms with Crippen LogP contribution in [0.5, 0.6) is 11.6 Å². The fourth-order valence-corrected chi connectivity index (χ4v) is 3.31. The number of amides is 2. The molecule has 0 atom stereocenters. The summed E-state index contributed by atoms with van der Waals surface area (Å²) in [5, 5.41) is 6.85. The number of rotatable bonds is 6. The average molecular weight is 406 g/mol. The predicted molar refractivity (Wildman–Crippen MR) is 109 cm³/mol. The fourth-order valence-electron chi connectivity index (χ4n) is 3.31. The number of carbonyl (C=O) groups is 2. The molecule has 154 valence electrons. The number of ether oxygens (including phenoxy) is 1. The summed E-state index contributed by atoms with van der Waals surface area (Å²) in [7, 11) is 0. The van der Waals surface area contributed by atoms with Crippen LogP contribution in [0.25, 0.3) is 0 Å². The predicted octanol–water partition coefficient (Wildman–Crippen LogP) is 2.34. The van der Waals surface area contributed by atoms with Crippen molar-refractivity contribution in [3.8, 4) is 11.6 Å². The van der Waals surface area contributed by atoms with Crippen molar-refractivity contribution in [3.63, 3.8) is 0 Å². The minimum absolute atomic E-state index is 0.0161. The second kappa shape index (κ2) is 9.17. The Hall–Kier alpha value is -3.75. The maximum absolute atomic E-state index is 12.6. The largest absolute Gasteiger partial charge is 0.439 e. The van der Waals surface area contributed by atoms with Crippen LogP contribution in [0.3, 0.4) is 0 Å². The van der Waals surface area contributed by atoms with Crippen molar-refractivity contribution in [2.45, 2.75) is 19.4 Å². The second-order valence-corrected chi connectivity index (χ2v) is 7.04. The first-order chi connectivity index (χ1) is 14.7. The van der Waals surface area contributed by atoms with Crippen molar-refractivity contribution >= 4 is 17.5 Å². The number of likely N-dealkylation sites (tertiary alicyclic amines) is 1. The fraction of sp³-hybridized carbons (Fsp3) is 0.286. The molecule has 1 aliphatic rings. The number of hydrogen-bond acceptors (Lipinski definition) is 6.